The molecule has 21 heavy (non-hydrogen) atoms. The molecule has 0 amide bonds. The summed E-state index contributed by atoms with van der Waals surface area (Å²) in [5.41, 5.74) is 5.85. The van der Waals surface area contributed by atoms with E-state index < -0.39 is 15.6 Å². The quantitative estimate of drug-likeness (QED) is 0.895. The van der Waals surface area contributed by atoms with Crippen LogP contribution in [0.5, 0.6) is 0 Å². The Hall–Kier alpha value is -1.15. The molecule has 0 bridgehead atoms. The molecule has 3 N–H and O–H groups in total. The standard InChI is InChI=1S/C13H16ClN3O2S2/c1-13(2,3)17-21(18,19)9-6-4-8(5-7-9)10-11(14)16-12(15)20-10/h4-7,17H,1-3H3,(H2,15,16). The van der Waals surface area contributed by atoms with Crippen LogP contribution < -0.4 is 10.5 Å². The van der Waals surface area contributed by atoms with E-state index in [0.717, 1.165) is 10.4 Å². The Morgan fingerprint density at radius 3 is 2.24 bits per heavy atom. The van der Waals surface area contributed by atoms with Crippen LogP contribution in [0.1, 0.15) is 20.8 Å². The molecule has 0 saturated carbocycles. The lowest BCUT2D eigenvalue weighted by Gasteiger charge is -2.20. The fourth-order valence-electron chi connectivity index (χ4n) is 1.74. The number of sulfonamides is 1. The van der Waals surface area contributed by atoms with Gasteiger partial charge in [-0.1, -0.05) is 35.1 Å². The molecule has 114 valence electrons. The lowest BCUT2D eigenvalue weighted by atomic mass is 10.1. The lowest BCUT2D eigenvalue weighted by molar-refractivity contribution is 0.491. The number of benzene rings is 1. The summed E-state index contributed by atoms with van der Waals surface area (Å²) in [7, 11) is -3.54. The maximum atomic E-state index is 12.2. The summed E-state index contributed by atoms with van der Waals surface area (Å²) in [5, 5.41) is 0.696. The summed E-state index contributed by atoms with van der Waals surface area (Å²) < 4.78 is 27.0. The van der Waals surface area contributed by atoms with Crippen molar-refractivity contribution in [3.8, 4) is 10.4 Å². The van der Waals surface area contributed by atoms with Crippen LogP contribution in [0, 0.1) is 0 Å². The van der Waals surface area contributed by atoms with Gasteiger partial charge in [-0.2, -0.15) is 0 Å². The molecule has 8 heteroatoms. The van der Waals surface area contributed by atoms with E-state index in [0.29, 0.717) is 10.3 Å². The molecule has 0 aliphatic rings. The van der Waals surface area contributed by atoms with Gasteiger partial charge in [0.2, 0.25) is 10.0 Å². The number of nitrogens with one attached hydrogen (secondary N) is 1. The van der Waals surface area contributed by atoms with E-state index in [2.05, 4.69) is 9.71 Å². The molecule has 5 nitrogen and oxygen atoms in total. The van der Waals surface area contributed by atoms with Crippen molar-refractivity contribution in [2.75, 3.05) is 5.73 Å². The summed E-state index contributed by atoms with van der Waals surface area (Å²) in [6, 6.07) is 6.46. The van der Waals surface area contributed by atoms with Crippen molar-refractivity contribution < 1.29 is 8.42 Å². The third kappa shape index (κ3) is 3.94. The number of thiazole rings is 1. The molecule has 1 aromatic heterocycles. The molecule has 2 rings (SSSR count). The number of halogens is 1. The Bertz CT molecular complexity index is 747. The molecule has 0 fully saturated rings. The molecular formula is C13H16ClN3O2S2. The highest BCUT2D eigenvalue weighted by Crippen LogP contribution is 2.35. The van der Waals surface area contributed by atoms with Crippen molar-refractivity contribution in [3.63, 3.8) is 0 Å². The van der Waals surface area contributed by atoms with Gasteiger partial charge in [-0.3, -0.25) is 0 Å². The Morgan fingerprint density at radius 1 is 1.24 bits per heavy atom. The average molecular weight is 346 g/mol. The first-order valence-corrected chi connectivity index (χ1v) is 8.82. The predicted molar refractivity (Wildman–Crippen MR) is 87.0 cm³/mol. The van der Waals surface area contributed by atoms with Crippen LogP contribution in [0.3, 0.4) is 0 Å². The van der Waals surface area contributed by atoms with E-state index in [1.165, 1.54) is 23.5 Å². The molecule has 0 aliphatic carbocycles. The van der Waals surface area contributed by atoms with Crippen LogP contribution in [0.25, 0.3) is 10.4 Å². The van der Waals surface area contributed by atoms with Crippen LogP contribution in [-0.2, 0) is 10.0 Å². The van der Waals surface area contributed by atoms with Gasteiger partial charge in [0.25, 0.3) is 0 Å². The Balaban J connectivity index is 2.33. The van der Waals surface area contributed by atoms with Crippen LogP contribution in [0.15, 0.2) is 29.2 Å². The average Bonchev–Trinajstić information content (AvgIpc) is 2.65. The molecular weight excluding hydrogens is 330 g/mol. The number of anilines is 1. The van der Waals surface area contributed by atoms with Gasteiger partial charge >= 0.3 is 0 Å². The Kier molecular flexibility index (Phi) is 4.30. The highest BCUT2D eigenvalue weighted by Gasteiger charge is 2.22. The summed E-state index contributed by atoms with van der Waals surface area (Å²) >= 11 is 7.25. The number of rotatable bonds is 3. The van der Waals surface area contributed by atoms with E-state index in [4.69, 9.17) is 17.3 Å². The smallest absolute Gasteiger partial charge is 0.241 e. The molecule has 0 aliphatic heterocycles. The first-order valence-electron chi connectivity index (χ1n) is 6.15. The van der Waals surface area contributed by atoms with Crippen molar-refractivity contribution in [3.05, 3.63) is 29.4 Å². The van der Waals surface area contributed by atoms with Crippen LogP contribution in [0.4, 0.5) is 5.13 Å². The highest BCUT2D eigenvalue weighted by molar-refractivity contribution is 7.89. The minimum absolute atomic E-state index is 0.204. The van der Waals surface area contributed by atoms with Crippen LogP contribution in [-0.4, -0.2) is 18.9 Å². The summed E-state index contributed by atoms with van der Waals surface area (Å²) in [5.74, 6) is 0. The van der Waals surface area contributed by atoms with Crippen molar-refractivity contribution in [2.45, 2.75) is 31.2 Å². The van der Waals surface area contributed by atoms with Gasteiger partial charge in [-0.05, 0) is 38.5 Å². The first-order chi connectivity index (χ1) is 9.58. The van der Waals surface area contributed by atoms with E-state index in [1.54, 1.807) is 32.9 Å². The zero-order valence-corrected chi connectivity index (χ0v) is 14.2. The van der Waals surface area contributed by atoms with Gasteiger partial charge in [0.1, 0.15) is 5.15 Å². The summed E-state index contributed by atoms with van der Waals surface area (Å²) in [6.45, 7) is 5.37. The van der Waals surface area contributed by atoms with Gasteiger partial charge in [0.15, 0.2) is 5.13 Å². The van der Waals surface area contributed by atoms with Crippen molar-refractivity contribution in [1.29, 1.82) is 0 Å². The third-order valence-electron chi connectivity index (χ3n) is 2.47. The van der Waals surface area contributed by atoms with Crippen LogP contribution in [0.2, 0.25) is 5.15 Å². The number of nitrogens with zero attached hydrogens (tertiary/aromatic N) is 1. The van der Waals surface area contributed by atoms with Crippen molar-refractivity contribution in [1.82, 2.24) is 9.71 Å². The minimum Gasteiger partial charge on any atom is -0.375 e. The van der Waals surface area contributed by atoms with E-state index >= 15 is 0 Å². The highest BCUT2D eigenvalue weighted by atomic mass is 35.5. The van der Waals surface area contributed by atoms with E-state index in [9.17, 15) is 8.42 Å². The minimum atomic E-state index is -3.54. The van der Waals surface area contributed by atoms with E-state index in [-0.39, 0.29) is 4.90 Å². The number of hydrogen-bond acceptors (Lipinski definition) is 5. The molecule has 1 heterocycles. The second kappa shape index (κ2) is 5.57. The second-order valence-electron chi connectivity index (χ2n) is 5.55. The molecule has 2 aromatic rings. The third-order valence-corrected chi connectivity index (χ3v) is 5.56. The summed E-state index contributed by atoms with van der Waals surface area (Å²) in [4.78, 5) is 4.87. The number of nitrogens with two attached hydrogens (primary N) is 1. The fraction of sp³-hybridized carbons (Fsp3) is 0.308. The van der Waals surface area contributed by atoms with Crippen molar-refractivity contribution in [2.24, 2.45) is 0 Å². The first kappa shape index (κ1) is 16.2. The molecule has 0 spiro atoms. The maximum Gasteiger partial charge on any atom is 0.241 e. The van der Waals surface area contributed by atoms with Crippen molar-refractivity contribution >= 4 is 38.1 Å². The van der Waals surface area contributed by atoms with Crippen LogP contribution >= 0.6 is 22.9 Å². The van der Waals surface area contributed by atoms with E-state index in [1.807, 2.05) is 0 Å². The van der Waals surface area contributed by atoms with Gasteiger partial charge in [0.05, 0.1) is 9.77 Å². The number of hydrogen-bond donors (Lipinski definition) is 2. The molecule has 0 saturated heterocycles. The second-order valence-corrected chi connectivity index (χ2v) is 8.62. The molecule has 0 unspecified atom stereocenters. The normalized spacial score (nSPS) is 12.6. The largest absolute Gasteiger partial charge is 0.375 e. The van der Waals surface area contributed by atoms with Gasteiger partial charge < -0.3 is 5.73 Å². The Labute approximate surface area is 133 Å². The van der Waals surface area contributed by atoms with Gasteiger partial charge in [-0.15, -0.1) is 0 Å². The fourth-order valence-corrected chi connectivity index (χ4v) is 4.26. The molecule has 0 radical (unpaired) electrons. The van der Waals surface area contributed by atoms with Gasteiger partial charge in [0, 0.05) is 5.54 Å². The number of aromatic nitrogens is 1. The SMILES string of the molecule is CC(C)(C)NS(=O)(=O)c1ccc(-c2sc(N)nc2Cl)cc1. The molecule has 1 aromatic carbocycles. The summed E-state index contributed by atoms with van der Waals surface area (Å²) in [6.07, 6.45) is 0. The number of nitrogen functional groups attached to an aromatic ring is 1. The lowest BCUT2D eigenvalue weighted by Crippen LogP contribution is -2.40. The van der Waals surface area contributed by atoms with Gasteiger partial charge in [-0.25, -0.2) is 18.1 Å². The maximum absolute atomic E-state index is 12.2. The molecule has 0 atom stereocenters. The topological polar surface area (TPSA) is 85.1 Å². The zero-order valence-electron chi connectivity index (χ0n) is 11.8. The Morgan fingerprint density at radius 2 is 1.81 bits per heavy atom. The monoisotopic (exact) mass is 345 g/mol. The predicted octanol–water partition coefficient (Wildman–Crippen LogP) is 3.12. The zero-order chi connectivity index (χ0) is 15.8.